The minimum Gasteiger partial charge on any atom is -0.392 e. The van der Waals surface area contributed by atoms with Gasteiger partial charge in [0.1, 0.15) is 0 Å². The Labute approximate surface area is 103 Å². The van der Waals surface area contributed by atoms with Gasteiger partial charge in [-0.25, -0.2) is 0 Å². The van der Waals surface area contributed by atoms with Gasteiger partial charge in [-0.1, -0.05) is 26.0 Å². The van der Waals surface area contributed by atoms with E-state index in [1.165, 1.54) is 0 Å². The van der Waals surface area contributed by atoms with E-state index in [2.05, 4.69) is 34.8 Å². The molecule has 0 saturated heterocycles. The summed E-state index contributed by atoms with van der Waals surface area (Å²) in [6.07, 6.45) is 0. The number of aromatic nitrogens is 1. The van der Waals surface area contributed by atoms with Gasteiger partial charge in [0.15, 0.2) is 0 Å². The van der Waals surface area contributed by atoms with Crippen LogP contribution < -0.4 is 0 Å². The SMILES string of the molecule is CC(C)c1cc(CO)c2cccc(Br)c2n1. The Kier molecular flexibility index (Phi) is 3.26. The van der Waals surface area contributed by atoms with Crippen molar-refractivity contribution >= 4 is 26.8 Å². The zero-order chi connectivity index (χ0) is 11.7. The van der Waals surface area contributed by atoms with Crippen LogP contribution in [0.15, 0.2) is 28.7 Å². The van der Waals surface area contributed by atoms with Crippen LogP contribution in [0.4, 0.5) is 0 Å². The molecule has 1 aromatic heterocycles. The van der Waals surface area contributed by atoms with Gasteiger partial charge in [0, 0.05) is 15.6 Å². The van der Waals surface area contributed by atoms with Crippen LogP contribution >= 0.6 is 15.9 Å². The van der Waals surface area contributed by atoms with Crippen molar-refractivity contribution in [3.63, 3.8) is 0 Å². The second-order valence-corrected chi connectivity index (χ2v) is 5.01. The Bertz CT molecular complexity index is 523. The molecule has 0 spiro atoms. The Balaban J connectivity index is 2.79. The zero-order valence-electron chi connectivity index (χ0n) is 9.37. The lowest BCUT2D eigenvalue weighted by molar-refractivity contribution is 0.283. The van der Waals surface area contributed by atoms with Crippen LogP contribution in [0.2, 0.25) is 0 Å². The number of hydrogen-bond acceptors (Lipinski definition) is 2. The molecule has 0 aliphatic heterocycles. The molecule has 0 amide bonds. The van der Waals surface area contributed by atoms with Crippen molar-refractivity contribution in [3.8, 4) is 0 Å². The minimum atomic E-state index is 0.0508. The summed E-state index contributed by atoms with van der Waals surface area (Å²) in [5.41, 5.74) is 2.89. The van der Waals surface area contributed by atoms with Crippen molar-refractivity contribution in [2.45, 2.75) is 26.4 Å². The van der Waals surface area contributed by atoms with Crippen LogP contribution in [0.3, 0.4) is 0 Å². The molecule has 1 N–H and O–H groups in total. The Morgan fingerprint density at radius 2 is 2.12 bits per heavy atom. The molecule has 3 heteroatoms. The maximum absolute atomic E-state index is 9.39. The van der Waals surface area contributed by atoms with E-state index in [4.69, 9.17) is 0 Å². The van der Waals surface area contributed by atoms with Crippen molar-refractivity contribution in [3.05, 3.63) is 40.0 Å². The van der Waals surface area contributed by atoms with Crippen LogP contribution in [0.25, 0.3) is 10.9 Å². The first kappa shape index (κ1) is 11.6. The minimum absolute atomic E-state index is 0.0508. The molecule has 1 heterocycles. The van der Waals surface area contributed by atoms with Gasteiger partial charge >= 0.3 is 0 Å². The van der Waals surface area contributed by atoms with Gasteiger partial charge in [-0.15, -0.1) is 0 Å². The van der Waals surface area contributed by atoms with Crippen molar-refractivity contribution < 1.29 is 5.11 Å². The van der Waals surface area contributed by atoms with Crippen molar-refractivity contribution in [2.24, 2.45) is 0 Å². The number of benzene rings is 1. The molecule has 0 saturated carbocycles. The topological polar surface area (TPSA) is 33.1 Å². The van der Waals surface area contributed by atoms with Crippen LogP contribution in [0.1, 0.15) is 31.0 Å². The van der Waals surface area contributed by atoms with Gasteiger partial charge in [-0.05, 0) is 39.5 Å². The predicted molar refractivity (Wildman–Crippen MR) is 69.5 cm³/mol. The van der Waals surface area contributed by atoms with Gasteiger partial charge in [0.05, 0.1) is 12.1 Å². The highest BCUT2D eigenvalue weighted by molar-refractivity contribution is 9.10. The summed E-state index contributed by atoms with van der Waals surface area (Å²) in [7, 11) is 0. The van der Waals surface area contributed by atoms with Gasteiger partial charge in [-0.3, -0.25) is 4.98 Å². The van der Waals surface area contributed by atoms with E-state index in [1.54, 1.807) is 0 Å². The summed E-state index contributed by atoms with van der Waals surface area (Å²) in [6.45, 7) is 4.26. The third-order valence-corrected chi connectivity index (χ3v) is 3.30. The van der Waals surface area contributed by atoms with Crippen molar-refractivity contribution in [2.75, 3.05) is 0 Å². The molecule has 0 aliphatic rings. The van der Waals surface area contributed by atoms with E-state index in [-0.39, 0.29) is 6.61 Å². The van der Waals surface area contributed by atoms with Crippen LogP contribution in [0.5, 0.6) is 0 Å². The molecule has 0 atom stereocenters. The van der Waals surface area contributed by atoms with E-state index >= 15 is 0 Å². The quantitative estimate of drug-likeness (QED) is 0.911. The van der Waals surface area contributed by atoms with E-state index in [0.29, 0.717) is 5.92 Å². The molecule has 2 rings (SSSR count). The number of nitrogens with zero attached hydrogens (tertiary/aromatic N) is 1. The van der Waals surface area contributed by atoms with E-state index in [9.17, 15) is 5.11 Å². The average molecular weight is 280 g/mol. The fraction of sp³-hybridized carbons (Fsp3) is 0.308. The van der Waals surface area contributed by atoms with Crippen molar-refractivity contribution in [1.29, 1.82) is 0 Å². The number of halogens is 1. The maximum atomic E-state index is 9.39. The summed E-state index contributed by atoms with van der Waals surface area (Å²) in [4.78, 5) is 4.62. The summed E-state index contributed by atoms with van der Waals surface area (Å²) in [6, 6.07) is 7.91. The summed E-state index contributed by atoms with van der Waals surface area (Å²) < 4.78 is 0.974. The number of pyridine rings is 1. The van der Waals surface area contributed by atoms with Crippen LogP contribution in [0, 0.1) is 0 Å². The van der Waals surface area contributed by atoms with Gasteiger partial charge in [0.25, 0.3) is 0 Å². The van der Waals surface area contributed by atoms with Gasteiger partial charge < -0.3 is 5.11 Å². The molecule has 0 aliphatic carbocycles. The number of para-hydroxylation sites is 1. The maximum Gasteiger partial charge on any atom is 0.0850 e. The molecular weight excluding hydrogens is 266 g/mol. The third kappa shape index (κ3) is 1.97. The fourth-order valence-corrected chi connectivity index (χ4v) is 2.19. The molecule has 16 heavy (non-hydrogen) atoms. The third-order valence-electron chi connectivity index (χ3n) is 2.66. The molecule has 0 radical (unpaired) electrons. The Hall–Kier alpha value is -0.930. The predicted octanol–water partition coefficient (Wildman–Crippen LogP) is 3.61. The number of aliphatic hydroxyl groups excluding tert-OH is 1. The first-order valence-electron chi connectivity index (χ1n) is 5.32. The lowest BCUT2D eigenvalue weighted by Gasteiger charge is -2.11. The highest BCUT2D eigenvalue weighted by Gasteiger charge is 2.09. The molecular formula is C13H14BrNO. The second kappa shape index (κ2) is 4.52. The summed E-state index contributed by atoms with van der Waals surface area (Å²) in [5, 5.41) is 10.4. The number of rotatable bonds is 2. The first-order chi connectivity index (χ1) is 7.63. The number of hydrogen-bond donors (Lipinski definition) is 1. The molecule has 0 unspecified atom stereocenters. The van der Waals surface area contributed by atoms with E-state index < -0.39 is 0 Å². The average Bonchev–Trinajstić information content (AvgIpc) is 2.28. The highest BCUT2D eigenvalue weighted by atomic mass is 79.9. The van der Waals surface area contributed by atoms with E-state index in [1.807, 2.05) is 24.3 Å². The van der Waals surface area contributed by atoms with Gasteiger partial charge in [-0.2, -0.15) is 0 Å². The molecule has 2 aromatic rings. The molecule has 1 aromatic carbocycles. The second-order valence-electron chi connectivity index (χ2n) is 4.16. The number of fused-ring (bicyclic) bond motifs is 1. The molecule has 2 nitrogen and oxygen atoms in total. The Morgan fingerprint density at radius 3 is 2.75 bits per heavy atom. The monoisotopic (exact) mass is 279 g/mol. The highest BCUT2D eigenvalue weighted by Crippen LogP contribution is 2.27. The molecule has 0 bridgehead atoms. The van der Waals surface area contributed by atoms with E-state index in [0.717, 1.165) is 26.6 Å². The van der Waals surface area contributed by atoms with Crippen molar-refractivity contribution in [1.82, 2.24) is 4.98 Å². The smallest absolute Gasteiger partial charge is 0.0850 e. The molecule has 84 valence electrons. The van der Waals surface area contributed by atoms with Crippen LogP contribution in [-0.2, 0) is 6.61 Å². The summed E-state index contributed by atoms with van der Waals surface area (Å²) in [5.74, 6) is 0.363. The van der Waals surface area contributed by atoms with Crippen LogP contribution in [-0.4, -0.2) is 10.1 Å². The lowest BCUT2D eigenvalue weighted by Crippen LogP contribution is -1.98. The molecule has 0 fully saturated rings. The zero-order valence-corrected chi connectivity index (χ0v) is 11.0. The Morgan fingerprint density at radius 1 is 1.38 bits per heavy atom. The number of aliphatic hydroxyl groups is 1. The first-order valence-corrected chi connectivity index (χ1v) is 6.11. The summed E-state index contributed by atoms with van der Waals surface area (Å²) >= 11 is 3.50. The standard InChI is InChI=1S/C13H14BrNO/c1-8(2)12-6-9(7-16)10-4-3-5-11(14)13(10)15-12/h3-6,8,16H,7H2,1-2H3. The van der Waals surface area contributed by atoms with Gasteiger partial charge in [0.2, 0.25) is 0 Å². The fourth-order valence-electron chi connectivity index (χ4n) is 1.73. The normalized spacial score (nSPS) is 11.3. The largest absolute Gasteiger partial charge is 0.392 e. The lowest BCUT2D eigenvalue weighted by atomic mass is 10.0.